The van der Waals surface area contributed by atoms with Crippen molar-refractivity contribution in [2.24, 2.45) is 5.73 Å². The molecule has 0 radical (unpaired) electrons. The molecule has 0 amide bonds. The van der Waals surface area contributed by atoms with Gasteiger partial charge in [0.05, 0.1) is 0 Å². The van der Waals surface area contributed by atoms with Gasteiger partial charge in [0.25, 0.3) is 0 Å². The van der Waals surface area contributed by atoms with E-state index in [4.69, 9.17) is 5.73 Å². The zero-order valence-electron chi connectivity index (χ0n) is 9.25. The molecule has 0 bridgehead atoms. The van der Waals surface area contributed by atoms with Crippen molar-refractivity contribution in [1.29, 1.82) is 0 Å². The van der Waals surface area contributed by atoms with E-state index in [1.54, 1.807) is 12.1 Å². The quantitative estimate of drug-likeness (QED) is 0.773. The Labute approximate surface area is 90.9 Å². The Bertz CT molecular complexity index is 289. The van der Waals surface area contributed by atoms with E-state index in [0.29, 0.717) is 6.54 Å². The van der Waals surface area contributed by atoms with Crippen molar-refractivity contribution in [3.63, 3.8) is 0 Å². The molecule has 0 atom stereocenters. The first-order chi connectivity index (χ1) is 7.22. The topological polar surface area (TPSA) is 29.3 Å². The van der Waals surface area contributed by atoms with E-state index < -0.39 is 0 Å². The van der Waals surface area contributed by atoms with Gasteiger partial charge in [0.2, 0.25) is 0 Å². The van der Waals surface area contributed by atoms with Crippen LogP contribution < -0.4 is 5.73 Å². The van der Waals surface area contributed by atoms with Gasteiger partial charge in [0.1, 0.15) is 5.82 Å². The summed E-state index contributed by atoms with van der Waals surface area (Å²) in [6.45, 7) is 2.62. The van der Waals surface area contributed by atoms with E-state index in [1.807, 2.05) is 6.07 Å². The molecule has 0 spiro atoms. The number of hydrogen-bond acceptors (Lipinski definition) is 2. The Kier molecular flexibility index (Phi) is 5.29. The zero-order chi connectivity index (χ0) is 11.1. The molecule has 0 aliphatic carbocycles. The normalized spacial score (nSPS) is 10.9. The van der Waals surface area contributed by atoms with Gasteiger partial charge in [-0.25, -0.2) is 4.39 Å². The summed E-state index contributed by atoms with van der Waals surface area (Å²) < 4.78 is 12.8. The van der Waals surface area contributed by atoms with Crippen LogP contribution in [0.4, 0.5) is 4.39 Å². The Morgan fingerprint density at radius 1 is 1.33 bits per heavy atom. The largest absolute Gasteiger partial charge is 0.329 e. The minimum Gasteiger partial charge on any atom is -0.329 e. The number of nitrogens with two attached hydrogens (primary N) is 1. The molecule has 0 heterocycles. The van der Waals surface area contributed by atoms with Gasteiger partial charge in [-0.05, 0) is 44.1 Å². The Hall–Kier alpha value is -0.930. The van der Waals surface area contributed by atoms with Crippen LogP contribution in [0.1, 0.15) is 12.0 Å². The molecule has 2 N–H and O–H groups in total. The molecule has 2 nitrogen and oxygen atoms in total. The van der Waals surface area contributed by atoms with E-state index in [1.165, 1.54) is 6.07 Å². The lowest BCUT2D eigenvalue weighted by Gasteiger charge is -2.14. The average molecular weight is 210 g/mol. The summed E-state index contributed by atoms with van der Waals surface area (Å²) in [5.74, 6) is -0.150. The molecule has 0 aliphatic rings. The fourth-order valence-electron chi connectivity index (χ4n) is 1.58. The number of rotatable bonds is 6. The van der Waals surface area contributed by atoms with Crippen LogP contribution >= 0.6 is 0 Å². The summed E-state index contributed by atoms with van der Waals surface area (Å²) in [5, 5.41) is 0. The van der Waals surface area contributed by atoms with E-state index in [9.17, 15) is 4.39 Å². The maximum absolute atomic E-state index is 12.8. The molecular weight excluding hydrogens is 191 g/mol. The second-order valence-electron chi connectivity index (χ2n) is 3.83. The monoisotopic (exact) mass is 210 g/mol. The molecule has 3 heteroatoms. The van der Waals surface area contributed by atoms with Crippen molar-refractivity contribution >= 4 is 0 Å². The highest BCUT2D eigenvalue weighted by Gasteiger charge is 1.98. The van der Waals surface area contributed by atoms with Crippen LogP contribution in [0.2, 0.25) is 0 Å². The predicted octanol–water partition coefficient (Wildman–Crippen LogP) is 1.65. The van der Waals surface area contributed by atoms with Gasteiger partial charge in [0, 0.05) is 13.1 Å². The van der Waals surface area contributed by atoms with Crippen LogP contribution in [0.15, 0.2) is 24.3 Å². The fraction of sp³-hybridized carbons (Fsp3) is 0.500. The summed E-state index contributed by atoms with van der Waals surface area (Å²) in [6, 6.07) is 6.80. The maximum atomic E-state index is 12.8. The molecule has 0 aliphatic heterocycles. The van der Waals surface area contributed by atoms with Crippen LogP contribution in [0, 0.1) is 5.82 Å². The van der Waals surface area contributed by atoms with Crippen LogP contribution in [-0.2, 0) is 6.42 Å². The number of benzene rings is 1. The van der Waals surface area contributed by atoms with Crippen molar-refractivity contribution in [2.45, 2.75) is 12.8 Å². The Balaban J connectivity index is 2.25. The van der Waals surface area contributed by atoms with Gasteiger partial charge in [-0.3, -0.25) is 0 Å². The highest BCUT2D eigenvalue weighted by Crippen LogP contribution is 2.06. The number of aryl methyl sites for hydroxylation is 1. The molecule has 0 saturated carbocycles. The van der Waals surface area contributed by atoms with Crippen LogP contribution in [-0.4, -0.2) is 31.6 Å². The lowest BCUT2D eigenvalue weighted by Crippen LogP contribution is -2.26. The molecule has 0 unspecified atom stereocenters. The van der Waals surface area contributed by atoms with Crippen molar-refractivity contribution in [1.82, 2.24) is 4.90 Å². The minimum absolute atomic E-state index is 0.150. The molecule has 15 heavy (non-hydrogen) atoms. The molecule has 1 aromatic rings. The summed E-state index contributed by atoms with van der Waals surface area (Å²) in [6.07, 6.45) is 1.96. The van der Waals surface area contributed by atoms with Crippen molar-refractivity contribution < 1.29 is 4.39 Å². The van der Waals surface area contributed by atoms with E-state index in [-0.39, 0.29) is 5.82 Å². The van der Waals surface area contributed by atoms with Gasteiger partial charge in [-0.2, -0.15) is 0 Å². The lowest BCUT2D eigenvalue weighted by atomic mass is 10.1. The second-order valence-corrected chi connectivity index (χ2v) is 3.83. The number of halogens is 1. The minimum atomic E-state index is -0.150. The van der Waals surface area contributed by atoms with Crippen molar-refractivity contribution in [3.05, 3.63) is 35.6 Å². The first-order valence-electron chi connectivity index (χ1n) is 5.35. The second kappa shape index (κ2) is 6.53. The standard InChI is InChI=1S/C12H19FN2/c1-15(9-7-14)8-3-5-11-4-2-6-12(13)10-11/h2,4,6,10H,3,5,7-9,14H2,1H3. The van der Waals surface area contributed by atoms with Crippen molar-refractivity contribution in [2.75, 3.05) is 26.7 Å². The third-order valence-electron chi connectivity index (χ3n) is 2.41. The first-order valence-corrected chi connectivity index (χ1v) is 5.35. The lowest BCUT2D eigenvalue weighted by molar-refractivity contribution is 0.338. The number of likely N-dealkylation sites (N-methyl/N-ethyl adjacent to an activating group) is 1. The smallest absolute Gasteiger partial charge is 0.123 e. The molecule has 1 rings (SSSR count). The predicted molar refractivity (Wildman–Crippen MR) is 61.3 cm³/mol. The Morgan fingerprint density at radius 3 is 2.80 bits per heavy atom. The van der Waals surface area contributed by atoms with E-state index in [0.717, 1.165) is 31.5 Å². The SMILES string of the molecule is CN(CCN)CCCc1cccc(F)c1. The molecular formula is C12H19FN2. The molecule has 0 fully saturated rings. The molecule has 0 aromatic heterocycles. The van der Waals surface area contributed by atoms with Crippen molar-refractivity contribution in [3.8, 4) is 0 Å². The highest BCUT2D eigenvalue weighted by atomic mass is 19.1. The molecule has 0 saturated heterocycles. The fourth-order valence-corrected chi connectivity index (χ4v) is 1.58. The molecule has 1 aromatic carbocycles. The third-order valence-corrected chi connectivity index (χ3v) is 2.41. The zero-order valence-corrected chi connectivity index (χ0v) is 9.25. The van der Waals surface area contributed by atoms with Crippen LogP contribution in [0.3, 0.4) is 0 Å². The Morgan fingerprint density at radius 2 is 2.13 bits per heavy atom. The molecule has 84 valence electrons. The van der Waals surface area contributed by atoms with E-state index >= 15 is 0 Å². The van der Waals surface area contributed by atoms with Crippen LogP contribution in [0.25, 0.3) is 0 Å². The van der Waals surface area contributed by atoms with E-state index in [2.05, 4.69) is 11.9 Å². The number of nitrogens with zero attached hydrogens (tertiary/aromatic N) is 1. The highest BCUT2D eigenvalue weighted by molar-refractivity contribution is 5.16. The van der Waals surface area contributed by atoms with Gasteiger partial charge in [-0.1, -0.05) is 12.1 Å². The van der Waals surface area contributed by atoms with Crippen LogP contribution in [0.5, 0.6) is 0 Å². The van der Waals surface area contributed by atoms with Gasteiger partial charge >= 0.3 is 0 Å². The summed E-state index contributed by atoms with van der Waals surface area (Å²) >= 11 is 0. The maximum Gasteiger partial charge on any atom is 0.123 e. The first kappa shape index (κ1) is 12.1. The number of hydrogen-bond donors (Lipinski definition) is 1. The van der Waals surface area contributed by atoms with Gasteiger partial charge in [-0.15, -0.1) is 0 Å². The average Bonchev–Trinajstić information content (AvgIpc) is 2.18. The van der Waals surface area contributed by atoms with Gasteiger partial charge < -0.3 is 10.6 Å². The summed E-state index contributed by atoms with van der Waals surface area (Å²) in [5.41, 5.74) is 6.51. The summed E-state index contributed by atoms with van der Waals surface area (Å²) in [4.78, 5) is 2.19. The van der Waals surface area contributed by atoms with Gasteiger partial charge in [0.15, 0.2) is 0 Å². The third kappa shape index (κ3) is 4.91. The summed E-state index contributed by atoms with van der Waals surface area (Å²) in [7, 11) is 2.05.